The number of hydrogen-bond acceptors (Lipinski definition) is 2. The summed E-state index contributed by atoms with van der Waals surface area (Å²) in [6.45, 7) is 0. The standard InChI is InChI=1S/C52H32N4/c1-2-14-38-37(13-1)39-15-3-4-17-41(39)43-26-25-33(31-46(43)42-18-6-5-16-40(38)42)34-29-35(55-47-21-9-7-19-44(47)51-49(55)23-11-27-53-51)32-36(30-34)56-48-22-10-8-20-45(48)52-50(56)24-12-28-54-52/h1-32H. The highest BCUT2D eigenvalue weighted by atomic mass is 15.0. The molecule has 260 valence electrons. The van der Waals surface area contributed by atoms with Crippen LogP contribution in [-0.4, -0.2) is 19.1 Å². The van der Waals surface area contributed by atoms with Crippen LogP contribution in [0, 0.1) is 0 Å². The summed E-state index contributed by atoms with van der Waals surface area (Å²) in [7, 11) is 0. The van der Waals surface area contributed by atoms with E-state index in [1.54, 1.807) is 0 Å². The third-order valence-electron chi connectivity index (χ3n) is 11.6. The molecule has 0 saturated heterocycles. The summed E-state index contributed by atoms with van der Waals surface area (Å²) in [4.78, 5) is 9.75. The molecule has 4 aromatic heterocycles. The summed E-state index contributed by atoms with van der Waals surface area (Å²) >= 11 is 0. The highest BCUT2D eigenvalue weighted by Gasteiger charge is 2.23. The van der Waals surface area contributed by atoms with Gasteiger partial charge in [0.05, 0.1) is 33.1 Å². The first-order valence-corrected chi connectivity index (χ1v) is 19.1. The second kappa shape index (κ2) is 12.0. The van der Waals surface area contributed by atoms with Gasteiger partial charge < -0.3 is 9.13 Å². The lowest BCUT2D eigenvalue weighted by Crippen LogP contribution is -2.01. The van der Waals surface area contributed by atoms with E-state index in [0.717, 1.165) is 66.4 Å². The predicted octanol–water partition coefficient (Wildman–Crippen LogP) is 13.3. The van der Waals surface area contributed by atoms with Gasteiger partial charge in [0.1, 0.15) is 0 Å². The zero-order valence-corrected chi connectivity index (χ0v) is 30.3. The number of aromatic nitrogens is 4. The first-order chi connectivity index (χ1) is 27.8. The molecule has 0 atom stereocenters. The van der Waals surface area contributed by atoms with E-state index in [2.05, 4.69) is 179 Å². The van der Waals surface area contributed by atoms with E-state index in [1.807, 2.05) is 24.5 Å². The van der Waals surface area contributed by atoms with Crippen molar-refractivity contribution >= 4 is 43.9 Å². The minimum Gasteiger partial charge on any atom is -0.308 e. The monoisotopic (exact) mass is 712 g/mol. The van der Waals surface area contributed by atoms with Gasteiger partial charge in [-0.05, 0) is 116 Å². The SMILES string of the molecule is c1ccc2c(c1)-c1ccccc1-c1ccc(-c3cc(-n4c5ccccc5c5ncccc54)cc(-n4c5ccccc5c5ncccc54)c3)cc1-c1ccccc1-2. The fraction of sp³-hybridized carbons (Fsp3) is 0. The number of rotatable bonds is 3. The van der Waals surface area contributed by atoms with Crippen LogP contribution >= 0.6 is 0 Å². The number of benzene rings is 7. The fourth-order valence-corrected chi connectivity index (χ4v) is 9.18. The van der Waals surface area contributed by atoms with Gasteiger partial charge in [0, 0.05) is 34.5 Å². The van der Waals surface area contributed by atoms with Crippen LogP contribution in [0.25, 0.3) is 111 Å². The Balaban J connectivity index is 1.17. The molecule has 4 heteroatoms. The van der Waals surface area contributed by atoms with E-state index < -0.39 is 0 Å². The minimum absolute atomic E-state index is 0.993. The van der Waals surface area contributed by atoms with Crippen LogP contribution in [0.5, 0.6) is 0 Å². The van der Waals surface area contributed by atoms with Crippen LogP contribution in [0.1, 0.15) is 0 Å². The van der Waals surface area contributed by atoms with Crippen LogP contribution in [0.3, 0.4) is 0 Å². The van der Waals surface area contributed by atoms with E-state index >= 15 is 0 Å². The molecule has 0 unspecified atom stereocenters. The molecule has 0 radical (unpaired) electrons. The van der Waals surface area contributed by atoms with E-state index in [-0.39, 0.29) is 0 Å². The van der Waals surface area contributed by atoms with Crippen molar-refractivity contribution in [1.29, 1.82) is 0 Å². The molecular formula is C52H32N4. The van der Waals surface area contributed by atoms with Gasteiger partial charge in [-0.3, -0.25) is 9.97 Å². The van der Waals surface area contributed by atoms with Crippen LogP contribution in [0.2, 0.25) is 0 Å². The summed E-state index contributed by atoms with van der Waals surface area (Å²) in [6, 6.07) is 66.1. The van der Waals surface area contributed by atoms with E-state index in [1.165, 1.54) is 44.5 Å². The molecule has 56 heavy (non-hydrogen) atoms. The number of pyridine rings is 2. The van der Waals surface area contributed by atoms with Gasteiger partial charge in [-0.15, -0.1) is 0 Å². The van der Waals surface area contributed by atoms with Crippen molar-refractivity contribution in [1.82, 2.24) is 19.1 Å². The summed E-state index contributed by atoms with van der Waals surface area (Å²) in [5.74, 6) is 0. The lowest BCUT2D eigenvalue weighted by Gasteiger charge is -2.23. The molecule has 0 N–H and O–H groups in total. The zero-order chi connectivity index (χ0) is 36.7. The van der Waals surface area contributed by atoms with E-state index in [0.29, 0.717) is 0 Å². The second-order valence-electron chi connectivity index (χ2n) is 14.6. The first kappa shape index (κ1) is 30.9. The maximum atomic E-state index is 4.88. The van der Waals surface area contributed by atoms with Gasteiger partial charge in [-0.25, -0.2) is 0 Å². The molecule has 0 fully saturated rings. The Bertz CT molecular complexity index is 3140. The molecule has 4 heterocycles. The highest BCUT2D eigenvalue weighted by Crippen LogP contribution is 2.48. The molecule has 12 rings (SSSR count). The summed E-state index contributed by atoms with van der Waals surface area (Å²) < 4.78 is 4.74. The Morgan fingerprint density at radius 2 is 0.679 bits per heavy atom. The zero-order valence-electron chi connectivity index (χ0n) is 30.3. The van der Waals surface area contributed by atoms with Gasteiger partial charge >= 0.3 is 0 Å². The molecule has 0 bridgehead atoms. The maximum Gasteiger partial charge on any atom is 0.0963 e. The summed E-state index contributed by atoms with van der Waals surface area (Å²) in [5, 5.41) is 2.26. The molecule has 0 aliphatic heterocycles. The molecule has 0 amide bonds. The first-order valence-electron chi connectivity index (χ1n) is 19.1. The van der Waals surface area contributed by atoms with Crippen molar-refractivity contribution in [2.45, 2.75) is 0 Å². The Hall–Kier alpha value is -7.56. The van der Waals surface area contributed by atoms with Crippen LogP contribution < -0.4 is 0 Å². The van der Waals surface area contributed by atoms with Crippen molar-refractivity contribution in [2.24, 2.45) is 0 Å². The van der Waals surface area contributed by atoms with Gasteiger partial charge in [-0.2, -0.15) is 0 Å². The molecule has 0 saturated carbocycles. The van der Waals surface area contributed by atoms with Crippen LogP contribution in [-0.2, 0) is 0 Å². The Morgan fingerprint density at radius 3 is 1.16 bits per heavy atom. The Morgan fingerprint density at radius 1 is 0.286 bits per heavy atom. The summed E-state index contributed by atoms with van der Waals surface area (Å²) in [6.07, 6.45) is 3.77. The second-order valence-corrected chi connectivity index (χ2v) is 14.6. The molecular weight excluding hydrogens is 681 g/mol. The molecule has 11 aromatic rings. The van der Waals surface area contributed by atoms with Crippen molar-refractivity contribution in [2.75, 3.05) is 0 Å². The average molecular weight is 713 g/mol. The van der Waals surface area contributed by atoms with Crippen molar-refractivity contribution in [3.8, 4) is 67.0 Å². The van der Waals surface area contributed by atoms with Crippen molar-refractivity contribution in [3.63, 3.8) is 0 Å². The van der Waals surface area contributed by atoms with Gasteiger partial charge in [0.15, 0.2) is 0 Å². The van der Waals surface area contributed by atoms with Crippen molar-refractivity contribution < 1.29 is 0 Å². The average Bonchev–Trinajstić information content (AvgIpc) is 3.79. The third-order valence-corrected chi connectivity index (χ3v) is 11.6. The smallest absolute Gasteiger partial charge is 0.0963 e. The largest absolute Gasteiger partial charge is 0.308 e. The van der Waals surface area contributed by atoms with Gasteiger partial charge in [0.25, 0.3) is 0 Å². The lowest BCUT2D eigenvalue weighted by atomic mass is 9.80. The van der Waals surface area contributed by atoms with E-state index in [4.69, 9.17) is 9.97 Å². The number of para-hydroxylation sites is 2. The molecule has 1 aliphatic rings. The molecule has 1 aliphatic carbocycles. The highest BCUT2D eigenvalue weighted by molar-refractivity contribution is 6.09. The lowest BCUT2D eigenvalue weighted by molar-refractivity contribution is 1.13. The van der Waals surface area contributed by atoms with Gasteiger partial charge in [-0.1, -0.05) is 121 Å². The Kier molecular flexibility index (Phi) is 6.60. The van der Waals surface area contributed by atoms with Crippen molar-refractivity contribution in [3.05, 3.63) is 194 Å². The fourth-order valence-electron chi connectivity index (χ4n) is 9.18. The molecule has 7 aromatic carbocycles. The topological polar surface area (TPSA) is 35.6 Å². The minimum atomic E-state index is 0.993. The van der Waals surface area contributed by atoms with Crippen LogP contribution in [0.15, 0.2) is 194 Å². The number of fused-ring (bicyclic) bond motifs is 14. The summed E-state index contributed by atoms with van der Waals surface area (Å²) in [5.41, 5.74) is 20.7. The normalized spacial score (nSPS) is 11.9. The molecule has 4 nitrogen and oxygen atoms in total. The molecule has 0 spiro atoms. The van der Waals surface area contributed by atoms with E-state index in [9.17, 15) is 0 Å². The Labute approximate surface area is 323 Å². The van der Waals surface area contributed by atoms with Gasteiger partial charge in [0.2, 0.25) is 0 Å². The maximum absolute atomic E-state index is 4.88. The predicted molar refractivity (Wildman–Crippen MR) is 231 cm³/mol. The quantitative estimate of drug-likeness (QED) is 0.183. The number of nitrogens with zero attached hydrogens (tertiary/aromatic N) is 4. The number of hydrogen-bond donors (Lipinski definition) is 0. The van der Waals surface area contributed by atoms with Crippen LogP contribution in [0.4, 0.5) is 0 Å². The third kappa shape index (κ3) is 4.47.